The third-order valence-corrected chi connectivity index (χ3v) is 9.33. The Kier molecular flexibility index (Phi) is 11.9. The Bertz CT molecular complexity index is 1920. The van der Waals surface area contributed by atoms with E-state index < -0.39 is 6.29 Å². The van der Waals surface area contributed by atoms with Crippen LogP contribution in [0.4, 0.5) is 17.1 Å². The summed E-state index contributed by atoms with van der Waals surface area (Å²) in [5.74, 6) is 0.365. The Morgan fingerprint density at radius 2 is 1.63 bits per heavy atom. The first-order valence-corrected chi connectivity index (χ1v) is 17.6. The summed E-state index contributed by atoms with van der Waals surface area (Å²) < 4.78 is 14.6. The van der Waals surface area contributed by atoms with Gasteiger partial charge in [0.05, 0.1) is 35.9 Å². The summed E-state index contributed by atoms with van der Waals surface area (Å²) in [6.45, 7) is -0.0514. The molecule has 1 aliphatic rings. The van der Waals surface area contributed by atoms with E-state index in [1.54, 1.807) is 53.2 Å². The number of nitrogen functional groups attached to an aromatic ring is 1. The molecule has 51 heavy (non-hydrogen) atoms. The number of amides is 2. The van der Waals surface area contributed by atoms with Crippen molar-refractivity contribution in [2.75, 3.05) is 22.1 Å². The van der Waals surface area contributed by atoms with Crippen LogP contribution < -0.4 is 16.4 Å². The van der Waals surface area contributed by atoms with Crippen molar-refractivity contribution in [3.63, 3.8) is 0 Å². The molecule has 0 unspecified atom stereocenters. The number of aromatic hydroxyl groups is 1. The molecule has 1 saturated heterocycles. The number of anilines is 3. The highest BCUT2D eigenvalue weighted by atomic mass is 32.2. The van der Waals surface area contributed by atoms with E-state index >= 15 is 0 Å². The van der Waals surface area contributed by atoms with Crippen LogP contribution >= 0.6 is 11.8 Å². The summed E-state index contributed by atoms with van der Waals surface area (Å²) in [4.78, 5) is 25.1. The summed E-state index contributed by atoms with van der Waals surface area (Å²) in [5.41, 5.74) is 10.8. The Morgan fingerprint density at radius 3 is 2.37 bits per heavy atom. The lowest BCUT2D eigenvalue weighted by molar-refractivity contribution is -0.245. The summed E-state index contributed by atoms with van der Waals surface area (Å²) >= 11 is 1.45. The maximum atomic E-state index is 12.8. The molecule has 6 rings (SSSR count). The number of hydrogen-bond acceptors (Lipinski definition) is 11. The quantitative estimate of drug-likeness (QED) is 0.0524. The third kappa shape index (κ3) is 9.70. The van der Waals surface area contributed by atoms with Gasteiger partial charge in [0, 0.05) is 36.3 Å². The number of carbonyl (C=O) groups excluding carboxylic acids is 2. The molecule has 13 nitrogen and oxygen atoms in total. The maximum Gasteiger partial charge on any atom is 0.224 e. The number of nitrogens with zero attached hydrogens (tertiary/aromatic N) is 4. The average Bonchev–Trinajstić information content (AvgIpc) is 3.62. The van der Waals surface area contributed by atoms with E-state index in [1.165, 1.54) is 11.8 Å². The van der Waals surface area contributed by atoms with E-state index in [9.17, 15) is 19.8 Å². The fraction of sp³-hybridized carbons (Fsp3) is 0.270. The van der Waals surface area contributed by atoms with Gasteiger partial charge in [0.15, 0.2) is 6.29 Å². The number of nitrogens with one attached hydrogen (secondary N) is 2. The molecule has 4 aromatic carbocycles. The number of tetrazole rings is 1. The summed E-state index contributed by atoms with van der Waals surface area (Å²) in [5, 5.41) is 37.7. The molecular formula is C37H39N7O6S. The molecule has 2 heterocycles. The number of carbonyl (C=O) groups is 2. The van der Waals surface area contributed by atoms with Gasteiger partial charge in [-0.15, -0.1) is 5.10 Å². The average molecular weight is 710 g/mol. The predicted octanol–water partition coefficient (Wildman–Crippen LogP) is 5.92. The molecule has 1 aromatic heterocycles. The van der Waals surface area contributed by atoms with E-state index in [0.29, 0.717) is 52.9 Å². The topological polar surface area (TPSA) is 187 Å². The van der Waals surface area contributed by atoms with Crippen LogP contribution in [0.3, 0.4) is 0 Å². The highest BCUT2D eigenvalue weighted by molar-refractivity contribution is 7.99. The number of phenols is 1. The molecule has 3 atom stereocenters. The van der Waals surface area contributed by atoms with Crippen molar-refractivity contribution >= 4 is 40.6 Å². The van der Waals surface area contributed by atoms with Crippen LogP contribution in [0.1, 0.15) is 61.2 Å². The molecule has 2 amide bonds. The SMILES string of the molecule is Nc1ccccc1NC(=O)CCCCC(=O)Nc1cccc([C@H]2O[C@@H](CSc3nnnn3-c3ccc(O)cc3)C[C@@H](c3ccc(CO)cc3)O2)c1. The van der Waals surface area contributed by atoms with Crippen molar-refractivity contribution in [2.24, 2.45) is 0 Å². The number of phenolic OH excluding ortho intramolecular Hbond substituents is 1. The largest absolute Gasteiger partial charge is 0.508 e. The molecule has 6 N–H and O–H groups in total. The fourth-order valence-electron chi connectivity index (χ4n) is 5.60. The van der Waals surface area contributed by atoms with E-state index in [-0.39, 0.29) is 49.2 Å². The van der Waals surface area contributed by atoms with Crippen molar-refractivity contribution < 1.29 is 29.3 Å². The van der Waals surface area contributed by atoms with Gasteiger partial charge in [-0.25, -0.2) is 0 Å². The van der Waals surface area contributed by atoms with Gasteiger partial charge in [0.2, 0.25) is 17.0 Å². The molecule has 0 radical (unpaired) electrons. The number of unbranched alkanes of at least 4 members (excludes halogenated alkanes) is 1. The second kappa shape index (κ2) is 17.1. The van der Waals surface area contributed by atoms with E-state index in [2.05, 4.69) is 26.2 Å². The second-order valence-corrected chi connectivity index (χ2v) is 13.1. The second-order valence-electron chi connectivity index (χ2n) is 12.1. The minimum Gasteiger partial charge on any atom is -0.508 e. The van der Waals surface area contributed by atoms with Crippen LogP contribution in [0.15, 0.2) is 102 Å². The Hall–Kier alpha value is -5.28. The molecule has 0 saturated carbocycles. The number of aromatic nitrogens is 4. The molecule has 0 bridgehead atoms. The van der Waals surface area contributed by atoms with Crippen molar-refractivity contribution in [2.45, 2.75) is 62.4 Å². The minimum absolute atomic E-state index is 0.0514. The zero-order valence-electron chi connectivity index (χ0n) is 27.7. The number of benzene rings is 4. The van der Waals surface area contributed by atoms with E-state index in [0.717, 1.165) is 16.7 Å². The van der Waals surface area contributed by atoms with Crippen molar-refractivity contribution in [1.29, 1.82) is 0 Å². The van der Waals surface area contributed by atoms with Gasteiger partial charge in [0.25, 0.3) is 0 Å². The lowest BCUT2D eigenvalue weighted by Gasteiger charge is -2.36. The smallest absolute Gasteiger partial charge is 0.224 e. The molecule has 5 aromatic rings. The Labute approximate surface area is 299 Å². The number of aliphatic hydroxyl groups excluding tert-OH is 1. The van der Waals surface area contributed by atoms with E-state index in [1.807, 2.05) is 48.5 Å². The number of hydrogen-bond donors (Lipinski definition) is 5. The number of nitrogens with two attached hydrogens (primary N) is 1. The van der Waals surface area contributed by atoms with Crippen molar-refractivity contribution in [3.05, 3.63) is 114 Å². The van der Waals surface area contributed by atoms with Gasteiger partial charge in [-0.3, -0.25) is 9.59 Å². The summed E-state index contributed by atoms with van der Waals surface area (Å²) in [6, 6.07) is 28.7. The molecule has 0 spiro atoms. The number of para-hydroxylation sites is 2. The lowest BCUT2D eigenvalue weighted by Crippen LogP contribution is -2.31. The molecular weight excluding hydrogens is 671 g/mol. The predicted molar refractivity (Wildman–Crippen MR) is 193 cm³/mol. The highest BCUT2D eigenvalue weighted by Crippen LogP contribution is 2.40. The van der Waals surface area contributed by atoms with Gasteiger partial charge in [0.1, 0.15) is 5.75 Å². The number of thioether (sulfide) groups is 1. The van der Waals surface area contributed by atoms with Gasteiger partial charge in [-0.05, 0) is 82.9 Å². The number of rotatable bonds is 14. The van der Waals surface area contributed by atoms with E-state index in [4.69, 9.17) is 15.2 Å². The first kappa shape index (κ1) is 35.5. The summed E-state index contributed by atoms with van der Waals surface area (Å²) in [7, 11) is 0. The minimum atomic E-state index is -0.728. The van der Waals surface area contributed by atoms with Crippen LogP contribution in [0, 0.1) is 0 Å². The number of aliphatic hydroxyl groups is 1. The third-order valence-electron chi connectivity index (χ3n) is 8.28. The van der Waals surface area contributed by atoms with Crippen LogP contribution in [-0.2, 0) is 25.7 Å². The Balaban J connectivity index is 1.08. The molecule has 264 valence electrons. The fourth-order valence-corrected chi connectivity index (χ4v) is 6.50. The monoisotopic (exact) mass is 709 g/mol. The highest BCUT2D eigenvalue weighted by Gasteiger charge is 2.33. The van der Waals surface area contributed by atoms with Crippen molar-refractivity contribution in [3.8, 4) is 11.4 Å². The van der Waals surface area contributed by atoms with Gasteiger partial charge < -0.3 is 36.1 Å². The van der Waals surface area contributed by atoms with Crippen LogP contribution in [0.2, 0.25) is 0 Å². The van der Waals surface area contributed by atoms with Crippen LogP contribution in [0.5, 0.6) is 5.75 Å². The van der Waals surface area contributed by atoms with Crippen LogP contribution in [0.25, 0.3) is 5.69 Å². The molecule has 1 aliphatic heterocycles. The standard InChI is InChI=1S/C37H39N7O6S/c38-31-8-1-2-9-32(31)40-35(48)11-4-3-10-34(47)39-27-7-5-6-26(20-27)36-49-30(21-33(50-36)25-14-12-24(22-45)13-15-25)23-51-37-41-42-43-44(37)28-16-18-29(46)19-17-28/h1-2,5-9,12-20,30,33,36,45-46H,3-4,10-11,21-23,38H2,(H,39,47)(H,40,48)/t30-,33+,36+/m1/s1. The number of ether oxygens (including phenoxy) is 2. The molecule has 14 heteroatoms. The summed E-state index contributed by atoms with van der Waals surface area (Å²) in [6.07, 6.45) is 0.920. The van der Waals surface area contributed by atoms with Gasteiger partial charge in [-0.2, -0.15) is 4.68 Å². The van der Waals surface area contributed by atoms with Gasteiger partial charge in [-0.1, -0.05) is 60.3 Å². The zero-order valence-corrected chi connectivity index (χ0v) is 28.5. The maximum absolute atomic E-state index is 12.8. The Morgan fingerprint density at radius 1 is 0.882 bits per heavy atom. The zero-order chi connectivity index (χ0) is 35.6. The van der Waals surface area contributed by atoms with Gasteiger partial charge >= 0.3 is 0 Å². The first-order chi connectivity index (χ1) is 24.8. The van der Waals surface area contributed by atoms with Crippen molar-refractivity contribution in [1.82, 2.24) is 20.2 Å². The molecule has 1 fully saturated rings. The molecule has 0 aliphatic carbocycles. The normalized spacial score (nSPS) is 17.2. The lowest BCUT2D eigenvalue weighted by atomic mass is 10.0. The van der Waals surface area contributed by atoms with Crippen LogP contribution in [-0.4, -0.2) is 54.1 Å². The first-order valence-electron chi connectivity index (χ1n) is 16.6.